The Kier molecular flexibility index (Phi) is 2.66. The van der Waals surface area contributed by atoms with Gasteiger partial charge in [-0.1, -0.05) is 0 Å². The number of benzene rings is 1. The molecule has 1 N–H and O–H groups in total. The molecule has 0 aliphatic rings. The molecule has 0 aromatic heterocycles. The maximum atomic E-state index is 7.23. The molecule has 0 saturated carbocycles. The maximum absolute atomic E-state index is 7.23. The Bertz CT molecular complexity index is 242. The van der Waals surface area contributed by atoms with E-state index >= 15 is 0 Å². The molecule has 10 heavy (non-hydrogen) atoms. The van der Waals surface area contributed by atoms with Gasteiger partial charge < -0.3 is 0 Å². The monoisotopic (exact) mass is 262 g/mol. The van der Waals surface area contributed by atoms with Crippen molar-refractivity contribution in [3.8, 4) is 0 Å². The molecule has 1 radical (unpaired) electrons. The first kappa shape index (κ1) is 7.99. The van der Waals surface area contributed by atoms with Crippen molar-refractivity contribution in [2.24, 2.45) is 0 Å². The summed E-state index contributed by atoms with van der Waals surface area (Å²) in [5, 5.41) is 7.23. The molecule has 0 bridgehead atoms. The summed E-state index contributed by atoms with van der Waals surface area (Å²) < 4.78 is 1.52. The zero-order chi connectivity index (χ0) is 7.56. The van der Waals surface area contributed by atoms with E-state index in [9.17, 15) is 0 Å². The number of nitrogens with one attached hydrogen (secondary N) is 1. The van der Waals surface area contributed by atoms with Crippen LogP contribution in [0, 0.1) is 5.41 Å². The van der Waals surface area contributed by atoms with Gasteiger partial charge in [0.1, 0.15) is 0 Å². The average molecular weight is 262 g/mol. The minimum absolute atomic E-state index is 0.479. The molecule has 0 unspecified atom stereocenters. The van der Waals surface area contributed by atoms with E-state index in [4.69, 9.17) is 5.41 Å². The van der Waals surface area contributed by atoms with Crippen LogP contribution < -0.4 is 0 Å². The van der Waals surface area contributed by atoms with Crippen molar-refractivity contribution in [2.45, 2.75) is 0 Å². The zero-order valence-electron chi connectivity index (χ0n) is 5.10. The van der Waals surface area contributed by atoms with Crippen molar-refractivity contribution < 1.29 is 0 Å². The Morgan fingerprint density at radius 2 is 1.80 bits per heavy atom. The fourth-order valence-corrected chi connectivity index (χ4v) is 1.15. The van der Waals surface area contributed by atoms with Gasteiger partial charge in [0.25, 0.3) is 0 Å². The molecular formula is C7H5BrNSe. The van der Waals surface area contributed by atoms with E-state index < -0.39 is 0 Å². The fourth-order valence-electron chi connectivity index (χ4n) is 0.601. The average Bonchev–Trinajstić information content (AvgIpc) is 1.88. The first-order valence-electron chi connectivity index (χ1n) is 2.71. The first-order valence-corrected chi connectivity index (χ1v) is 4.36. The summed E-state index contributed by atoms with van der Waals surface area (Å²) in [5.41, 5.74) is 0.920. The SMILES string of the molecule is N=C([Se])c1ccc(Br)cc1. The van der Waals surface area contributed by atoms with Gasteiger partial charge in [-0.25, -0.2) is 0 Å². The third-order valence-corrected chi connectivity index (χ3v) is 2.13. The van der Waals surface area contributed by atoms with E-state index in [1.165, 1.54) is 0 Å². The van der Waals surface area contributed by atoms with Gasteiger partial charge in [0.2, 0.25) is 0 Å². The van der Waals surface area contributed by atoms with Crippen LogP contribution in [0.15, 0.2) is 28.7 Å². The molecule has 0 amide bonds. The molecule has 51 valence electrons. The molecule has 0 aliphatic carbocycles. The van der Waals surface area contributed by atoms with E-state index in [1.54, 1.807) is 0 Å². The summed E-state index contributed by atoms with van der Waals surface area (Å²) in [6.45, 7) is 0. The summed E-state index contributed by atoms with van der Waals surface area (Å²) in [6.07, 6.45) is 0. The second kappa shape index (κ2) is 3.33. The van der Waals surface area contributed by atoms with Crippen LogP contribution in [-0.2, 0) is 0 Å². The Morgan fingerprint density at radius 3 is 2.20 bits per heavy atom. The second-order valence-corrected chi connectivity index (χ2v) is 3.61. The quantitative estimate of drug-likeness (QED) is 0.590. The van der Waals surface area contributed by atoms with E-state index in [0.29, 0.717) is 4.61 Å². The molecule has 1 aromatic carbocycles. The number of halogens is 1. The van der Waals surface area contributed by atoms with Gasteiger partial charge in [-0.2, -0.15) is 0 Å². The molecule has 0 heterocycles. The van der Waals surface area contributed by atoms with Crippen LogP contribution in [0.5, 0.6) is 0 Å². The van der Waals surface area contributed by atoms with Crippen molar-refractivity contribution in [3.63, 3.8) is 0 Å². The van der Waals surface area contributed by atoms with Crippen LogP contribution in [0.2, 0.25) is 0 Å². The van der Waals surface area contributed by atoms with E-state index in [-0.39, 0.29) is 0 Å². The van der Waals surface area contributed by atoms with E-state index in [0.717, 1.165) is 10.0 Å². The van der Waals surface area contributed by atoms with Gasteiger partial charge in [0.05, 0.1) is 0 Å². The van der Waals surface area contributed by atoms with Gasteiger partial charge in [0.15, 0.2) is 0 Å². The third-order valence-electron chi connectivity index (χ3n) is 1.11. The third kappa shape index (κ3) is 1.94. The summed E-state index contributed by atoms with van der Waals surface area (Å²) in [5.74, 6) is 0. The molecule has 1 nitrogen and oxygen atoms in total. The first-order chi connectivity index (χ1) is 4.70. The molecule has 0 atom stereocenters. The van der Waals surface area contributed by atoms with Crippen molar-refractivity contribution in [1.82, 2.24) is 0 Å². The van der Waals surface area contributed by atoms with Crippen molar-refractivity contribution in [3.05, 3.63) is 34.3 Å². The predicted octanol–water partition coefficient (Wildman–Crippen LogP) is 1.94. The number of rotatable bonds is 1. The van der Waals surface area contributed by atoms with Gasteiger partial charge >= 0.3 is 76.3 Å². The predicted molar refractivity (Wildman–Crippen MR) is 46.7 cm³/mol. The molecule has 0 spiro atoms. The second-order valence-electron chi connectivity index (χ2n) is 1.84. The van der Waals surface area contributed by atoms with Crippen LogP contribution in [0.3, 0.4) is 0 Å². The van der Waals surface area contributed by atoms with Crippen molar-refractivity contribution in [2.75, 3.05) is 0 Å². The normalized spacial score (nSPS) is 9.30. The number of hydrogen-bond donors (Lipinski definition) is 1. The minimum atomic E-state index is 0.479. The summed E-state index contributed by atoms with van der Waals surface area (Å²) in [6, 6.07) is 7.62. The zero-order valence-corrected chi connectivity index (χ0v) is 8.39. The van der Waals surface area contributed by atoms with Crippen molar-refractivity contribution in [1.29, 1.82) is 5.41 Å². The Hall–Kier alpha value is -0.111. The molecule has 0 saturated heterocycles. The summed E-state index contributed by atoms with van der Waals surface area (Å²) in [7, 11) is 0. The van der Waals surface area contributed by atoms with Crippen LogP contribution in [0.1, 0.15) is 5.56 Å². The Labute approximate surface area is 76.3 Å². The standard InChI is InChI=1S/C7H5BrNSe/c8-6-3-1-5(2-4-6)7(9)10/h1-4,9H. The summed E-state index contributed by atoms with van der Waals surface area (Å²) >= 11 is 5.96. The number of hydrogen-bond acceptors (Lipinski definition) is 1. The Balaban J connectivity index is 3.00. The van der Waals surface area contributed by atoms with Gasteiger partial charge in [-0.15, -0.1) is 0 Å². The van der Waals surface area contributed by atoms with Crippen LogP contribution in [-0.4, -0.2) is 20.6 Å². The van der Waals surface area contributed by atoms with Crippen LogP contribution in [0.25, 0.3) is 0 Å². The van der Waals surface area contributed by atoms with Gasteiger partial charge in [0, 0.05) is 0 Å². The van der Waals surface area contributed by atoms with Crippen molar-refractivity contribution >= 4 is 36.6 Å². The topological polar surface area (TPSA) is 23.9 Å². The van der Waals surface area contributed by atoms with Crippen LogP contribution >= 0.6 is 15.9 Å². The summed E-state index contributed by atoms with van der Waals surface area (Å²) in [4.78, 5) is 0. The molecular weight excluding hydrogens is 257 g/mol. The molecule has 3 heteroatoms. The molecule has 1 rings (SSSR count). The molecule has 0 fully saturated rings. The Morgan fingerprint density at radius 1 is 1.30 bits per heavy atom. The van der Waals surface area contributed by atoms with Gasteiger partial charge in [-0.05, 0) is 0 Å². The van der Waals surface area contributed by atoms with Gasteiger partial charge in [-0.3, -0.25) is 0 Å². The molecule has 1 aromatic rings. The van der Waals surface area contributed by atoms with E-state index in [2.05, 4.69) is 31.9 Å². The fraction of sp³-hybridized carbons (Fsp3) is 0. The van der Waals surface area contributed by atoms with Crippen LogP contribution in [0.4, 0.5) is 0 Å². The molecule has 0 aliphatic heterocycles. The van der Waals surface area contributed by atoms with E-state index in [1.807, 2.05) is 24.3 Å².